The molecule has 128 valence electrons. The Bertz CT molecular complexity index is 702. The molecule has 24 heavy (non-hydrogen) atoms. The van der Waals surface area contributed by atoms with E-state index in [9.17, 15) is 13.6 Å². The van der Waals surface area contributed by atoms with Gasteiger partial charge in [0.15, 0.2) is 0 Å². The van der Waals surface area contributed by atoms with E-state index in [0.717, 1.165) is 19.3 Å². The molecule has 0 bridgehead atoms. The Hall–Kier alpha value is -2.35. The Morgan fingerprint density at radius 3 is 2.58 bits per heavy atom. The van der Waals surface area contributed by atoms with Crippen LogP contribution in [0, 0.1) is 0 Å². The van der Waals surface area contributed by atoms with Crippen molar-refractivity contribution in [3.63, 3.8) is 0 Å². The molecule has 1 aliphatic rings. The van der Waals surface area contributed by atoms with E-state index in [2.05, 4.69) is 14.7 Å². The monoisotopic (exact) mass is 338 g/mol. The van der Waals surface area contributed by atoms with Crippen LogP contribution in [0.2, 0.25) is 0 Å². The second-order valence-electron chi connectivity index (χ2n) is 5.48. The topological polar surface area (TPSA) is 74.5 Å². The van der Waals surface area contributed by atoms with Crippen LogP contribution in [0.5, 0.6) is 0 Å². The number of alkyl halides is 2. The standard InChI is InChI=1S/C16H16F2N2O4/c1-22-11-3-2-4-12(11)23-16(21)10-7-5-9(6-8-10)14-19-15(13(17)18)24-20-14/h5-8,11-13H,2-4H2,1H3/t11-,12-/m1/s1. The maximum Gasteiger partial charge on any atom is 0.338 e. The fraction of sp³-hybridized carbons (Fsp3) is 0.438. The summed E-state index contributed by atoms with van der Waals surface area (Å²) in [5, 5.41) is 3.49. The summed E-state index contributed by atoms with van der Waals surface area (Å²) in [6.45, 7) is 0. The minimum atomic E-state index is -2.82. The van der Waals surface area contributed by atoms with Crippen LogP contribution in [0.3, 0.4) is 0 Å². The zero-order valence-electron chi connectivity index (χ0n) is 12.9. The molecular weight excluding hydrogens is 322 g/mol. The molecule has 1 saturated carbocycles. The number of halogens is 2. The summed E-state index contributed by atoms with van der Waals surface area (Å²) in [6.07, 6.45) is -0.521. The third kappa shape index (κ3) is 3.43. The number of benzene rings is 1. The van der Waals surface area contributed by atoms with Crippen molar-refractivity contribution in [2.24, 2.45) is 0 Å². The fourth-order valence-corrected chi connectivity index (χ4v) is 2.70. The van der Waals surface area contributed by atoms with Crippen molar-refractivity contribution in [2.45, 2.75) is 37.9 Å². The molecule has 1 aliphatic carbocycles. The summed E-state index contributed by atoms with van der Waals surface area (Å²) in [5.41, 5.74) is 0.830. The Morgan fingerprint density at radius 1 is 1.25 bits per heavy atom. The molecule has 0 saturated heterocycles. The number of carbonyl (C=O) groups excluding carboxylic acids is 1. The number of rotatable bonds is 5. The molecule has 1 aromatic carbocycles. The van der Waals surface area contributed by atoms with Crippen LogP contribution >= 0.6 is 0 Å². The average molecular weight is 338 g/mol. The van der Waals surface area contributed by atoms with Gasteiger partial charge in [-0.05, 0) is 31.4 Å². The van der Waals surface area contributed by atoms with E-state index in [0.29, 0.717) is 11.1 Å². The largest absolute Gasteiger partial charge is 0.456 e. The Balaban J connectivity index is 1.68. The first kappa shape index (κ1) is 16.5. The lowest BCUT2D eigenvalue weighted by molar-refractivity contribution is -0.0206. The van der Waals surface area contributed by atoms with Crippen LogP contribution in [0.15, 0.2) is 28.8 Å². The van der Waals surface area contributed by atoms with Crippen LogP contribution in [-0.4, -0.2) is 35.4 Å². The van der Waals surface area contributed by atoms with Crippen molar-refractivity contribution in [3.8, 4) is 11.4 Å². The molecule has 1 aromatic heterocycles. The normalized spacial score (nSPS) is 20.5. The van der Waals surface area contributed by atoms with Crippen LogP contribution in [0.1, 0.15) is 41.9 Å². The molecule has 8 heteroatoms. The third-order valence-corrected chi connectivity index (χ3v) is 3.96. The van der Waals surface area contributed by atoms with Crippen molar-refractivity contribution in [3.05, 3.63) is 35.7 Å². The first-order chi connectivity index (χ1) is 11.6. The highest BCUT2D eigenvalue weighted by atomic mass is 19.3. The van der Waals surface area contributed by atoms with E-state index in [-0.39, 0.29) is 18.0 Å². The highest BCUT2D eigenvalue weighted by molar-refractivity contribution is 5.90. The van der Waals surface area contributed by atoms with E-state index in [1.165, 1.54) is 12.1 Å². The van der Waals surface area contributed by atoms with Crippen molar-refractivity contribution >= 4 is 5.97 Å². The summed E-state index contributed by atoms with van der Waals surface area (Å²) in [7, 11) is 1.60. The van der Waals surface area contributed by atoms with Gasteiger partial charge in [-0.1, -0.05) is 17.3 Å². The second-order valence-corrected chi connectivity index (χ2v) is 5.48. The molecule has 0 amide bonds. The third-order valence-electron chi connectivity index (χ3n) is 3.96. The van der Waals surface area contributed by atoms with Crippen LogP contribution < -0.4 is 0 Å². The van der Waals surface area contributed by atoms with Crippen molar-refractivity contribution < 1.29 is 27.6 Å². The van der Waals surface area contributed by atoms with Gasteiger partial charge in [-0.25, -0.2) is 4.79 Å². The lowest BCUT2D eigenvalue weighted by Crippen LogP contribution is -2.27. The Kier molecular flexibility index (Phi) is 4.84. The molecule has 0 radical (unpaired) electrons. The summed E-state index contributed by atoms with van der Waals surface area (Å²) >= 11 is 0. The lowest BCUT2D eigenvalue weighted by Gasteiger charge is -2.18. The number of hydrogen-bond donors (Lipinski definition) is 0. The predicted molar refractivity (Wildman–Crippen MR) is 78.5 cm³/mol. The highest BCUT2D eigenvalue weighted by Crippen LogP contribution is 2.26. The fourth-order valence-electron chi connectivity index (χ4n) is 2.70. The number of esters is 1. The van der Waals surface area contributed by atoms with Crippen molar-refractivity contribution in [2.75, 3.05) is 7.11 Å². The molecule has 3 rings (SSSR count). The molecule has 0 N–H and O–H groups in total. The van der Waals surface area contributed by atoms with E-state index in [1.807, 2.05) is 0 Å². The first-order valence-corrected chi connectivity index (χ1v) is 7.54. The van der Waals surface area contributed by atoms with Gasteiger partial charge >= 0.3 is 12.4 Å². The number of hydrogen-bond acceptors (Lipinski definition) is 6. The van der Waals surface area contributed by atoms with Crippen LogP contribution in [0.25, 0.3) is 11.4 Å². The van der Waals surface area contributed by atoms with Crippen LogP contribution in [0.4, 0.5) is 8.78 Å². The Morgan fingerprint density at radius 2 is 1.96 bits per heavy atom. The minimum Gasteiger partial charge on any atom is -0.456 e. The van der Waals surface area contributed by atoms with Gasteiger partial charge in [0.1, 0.15) is 6.10 Å². The maximum atomic E-state index is 12.5. The molecule has 0 aliphatic heterocycles. The van der Waals surface area contributed by atoms with Gasteiger partial charge in [-0.15, -0.1) is 0 Å². The van der Waals surface area contributed by atoms with Gasteiger partial charge in [0.25, 0.3) is 5.89 Å². The van der Waals surface area contributed by atoms with E-state index >= 15 is 0 Å². The zero-order chi connectivity index (χ0) is 17.1. The van der Waals surface area contributed by atoms with Gasteiger partial charge < -0.3 is 14.0 Å². The summed E-state index contributed by atoms with van der Waals surface area (Å²) in [4.78, 5) is 15.8. The lowest BCUT2D eigenvalue weighted by atomic mass is 10.1. The zero-order valence-corrected chi connectivity index (χ0v) is 12.9. The smallest absolute Gasteiger partial charge is 0.338 e. The summed E-state index contributed by atoms with van der Waals surface area (Å²) in [5.74, 6) is -1.14. The first-order valence-electron chi connectivity index (χ1n) is 7.54. The maximum absolute atomic E-state index is 12.5. The van der Waals surface area contributed by atoms with E-state index in [1.54, 1.807) is 19.2 Å². The molecule has 1 heterocycles. The number of carbonyl (C=O) groups is 1. The van der Waals surface area contributed by atoms with Gasteiger partial charge in [0.05, 0.1) is 11.7 Å². The minimum absolute atomic E-state index is 0.0421. The predicted octanol–water partition coefficient (Wildman–Crippen LogP) is 3.40. The average Bonchev–Trinajstić information content (AvgIpc) is 3.24. The van der Waals surface area contributed by atoms with Gasteiger partial charge in [0, 0.05) is 12.7 Å². The molecular formula is C16H16F2N2O4. The van der Waals surface area contributed by atoms with Crippen molar-refractivity contribution in [1.82, 2.24) is 10.1 Å². The molecule has 0 unspecified atom stereocenters. The quantitative estimate of drug-likeness (QED) is 0.778. The molecule has 1 fully saturated rings. The van der Waals surface area contributed by atoms with Crippen molar-refractivity contribution in [1.29, 1.82) is 0 Å². The summed E-state index contributed by atoms with van der Waals surface area (Å²) < 4.78 is 40.1. The highest BCUT2D eigenvalue weighted by Gasteiger charge is 2.30. The van der Waals surface area contributed by atoms with Gasteiger partial charge in [-0.2, -0.15) is 13.8 Å². The van der Waals surface area contributed by atoms with E-state index in [4.69, 9.17) is 9.47 Å². The molecule has 0 spiro atoms. The number of nitrogens with zero attached hydrogens (tertiary/aromatic N) is 2. The SMILES string of the molecule is CO[C@@H]1CCC[C@H]1OC(=O)c1ccc(-c2noc(C(F)F)n2)cc1. The number of methoxy groups -OCH3 is 1. The molecule has 2 atom stereocenters. The Labute approximate surface area is 136 Å². The van der Waals surface area contributed by atoms with Gasteiger partial charge in [0.2, 0.25) is 5.82 Å². The molecule has 6 nitrogen and oxygen atoms in total. The summed E-state index contributed by atoms with van der Waals surface area (Å²) in [6, 6.07) is 6.18. The number of ether oxygens (including phenoxy) is 2. The van der Waals surface area contributed by atoms with Gasteiger partial charge in [-0.3, -0.25) is 0 Å². The van der Waals surface area contributed by atoms with Crippen LogP contribution in [-0.2, 0) is 9.47 Å². The second kappa shape index (κ2) is 7.04. The van der Waals surface area contributed by atoms with E-state index < -0.39 is 18.3 Å². The molecule has 2 aromatic rings. The number of aromatic nitrogens is 2.